The van der Waals surface area contributed by atoms with Crippen LogP contribution in [0.2, 0.25) is 0 Å². The summed E-state index contributed by atoms with van der Waals surface area (Å²) in [7, 11) is -3.27. The fourth-order valence-electron chi connectivity index (χ4n) is 2.00. The van der Waals surface area contributed by atoms with E-state index in [1.165, 1.54) is 0 Å². The summed E-state index contributed by atoms with van der Waals surface area (Å²) in [5.74, 6) is 0.0529. The highest BCUT2D eigenvalue weighted by atomic mass is 79.9. The van der Waals surface area contributed by atoms with Gasteiger partial charge < -0.3 is 4.74 Å². The molecular weight excluding hydrogens is 318 g/mol. The Labute approximate surface area is 116 Å². The third kappa shape index (κ3) is 3.32. The van der Waals surface area contributed by atoms with E-state index in [-0.39, 0.29) is 11.8 Å². The topological polar surface area (TPSA) is 46.6 Å². The average Bonchev–Trinajstić information content (AvgIpc) is 2.39. The summed E-state index contributed by atoms with van der Waals surface area (Å²) in [4.78, 5) is 0. The zero-order valence-corrected chi connectivity index (χ0v) is 12.4. The van der Waals surface area contributed by atoms with Gasteiger partial charge in [-0.1, -0.05) is 46.3 Å². The van der Waals surface area contributed by atoms with Crippen LogP contribution >= 0.6 is 15.9 Å². The lowest BCUT2D eigenvalue weighted by Gasteiger charge is -2.33. The molecule has 0 aliphatic carbocycles. The molecule has 0 saturated carbocycles. The molecule has 1 atom stereocenters. The number of hydrogen-bond donors (Lipinski definition) is 0. The van der Waals surface area contributed by atoms with Gasteiger partial charge in [-0.15, -0.1) is 0 Å². The summed E-state index contributed by atoms with van der Waals surface area (Å²) in [5, 5.41) is 0.598. The molecule has 0 aromatic heterocycles. The summed E-state index contributed by atoms with van der Waals surface area (Å²) >= 11 is 3.34. The van der Waals surface area contributed by atoms with Crippen LogP contribution in [0.25, 0.3) is 0 Å². The lowest BCUT2D eigenvalue weighted by Crippen LogP contribution is -2.49. The van der Waals surface area contributed by atoms with E-state index in [2.05, 4.69) is 15.9 Å². The number of ether oxygens (including phenoxy) is 1. The summed E-state index contributed by atoms with van der Waals surface area (Å²) in [6, 6.07) is 9.15. The molecule has 4 nitrogen and oxygen atoms in total. The van der Waals surface area contributed by atoms with Crippen molar-refractivity contribution < 1.29 is 13.2 Å². The Kier molecular flexibility index (Phi) is 4.77. The predicted molar refractivity (Wildman–Crippen MR) is 74.2 cm³/mol. The molecule has 2 rings (SSSR count). The summed E-state index contributed by atoms with van der Waals surface area (Å²) in [5.41, 5.74) is 0.817. The molecule has 100 valence electrons. The number of hydrogen-bond acceptors (Lipinski definition) is 3. The van der Waals surface area contributed by atoms with E-state index in [0.717, 1.165) is 5.56 Å². The Morgan fingerprint density at radius 1 is 1.33 bits per heavy atom. The largest absolute Gasteiger partial charge is 0.378 e. The molecule has 18 heavy (non-hydrogen) atoms. The van der Waals surface area contributed by atoms with Crippen LogP contribution in [0.3, 0.4) is 0 Å². The predicted octanol–water partition coefficient (Wildman–Crippen LogP) is 1.61. The Bertz CT molecular complexity index is 477. The standard InChI is InChI=1S/C12H16BrNO3S/c13-8-12-9-17-7-6-14(12)18(15,16)10-11-4-2-1-3-5-11/h1-5,12H,6-10H2. The van der Waals surface area contributed by atoms with Gasteiger partial charge in [-0.2, -0.15) is 4.31 Å². The highest BCUT2D eigenvalue weighted by Crippen LogP contribution is 2.18. The fourth-order valence-corrected chi connectivity index (χ4v) is 4.45. The maximum absolute atomic E-state index is 12.4. The number of halogens is 1. The van der Waals surface area contributed by atoms with Crippen molar-refractivity contribution in [1.29, 1.82) is 0 Å². The van der Waals surface area contributed by atoms with Crippen LogP contribution in [0.15, 0.2) is 30.3 Å². The average molecular weight is 334 g/mol. The van der Waals surface area contributed by atoms with E-state index in [0.29, 0.717) is 25.1 Å². The van der Waals surface area contributed by atoms with Crippen molar-refractivity contribution >= 4 is 26.0 Å². The van der Waals surface area contributed by atoms with Gasteiger partial charge in [0.25, 0.3) is 0 Å². The van der Waals surface area contributed by atoms with Crippen molar-refractivity contribution in [2.24, 2.45) is 0 Å². The SMILES string of the molecule is O=S(=O)(Cc1ccccc1)N1CCOCC1CBr. The number of morpholine rings is 1. The minimum atomic E-state index is -3.27. The molecule has 1 heterocycles. The van der Waals surface area contributed by atoms with Crippen LogP contribution in [0.5, 0.6) is 0 Å². The van der Waals surface area contributed by atoms with Crippen molar-refractivity contribution in [3.8, 4) is 0 Å². The molecule has 1 unspecified atom stereocenters. The molecule has 0 radical (unpaired) electrons. The summed E-state index contributed by atoms with van der Waals surface area (Å²) in [6.45, 7) is 1.36. The number of nitrogens with zero attached hydrogens (tertiary/aromatic N) is 1. The Morgan fingerprint density at radius 2 is 2.06 bits per heavy atom. The first-order valence-corrected chi connectivity index (χ1v) is 8.53. The molecule has 1 fully saturated rings. The van der Waals surface area contributed by atoms with E-state index in [1.54, 1.807) is 4.31 Å². The molecule has 0 amide bonds. The van der Waals surface area contributed by atoms with Crippen molar-refractivity contribution in [2.75, 3.05) is 25.1 Å². The first-order valence-electron chi connectivity index (χ1n) is 5.80. The van der Waals surface area contributed by atoms with E-state index >= 15 is 0 Å². The van der Waals surface area contributed by atoms with E-state index < -0.39 is 10.0 Å². The van der Waals surface area contributed by atoms with Crippen LogP contribution in [-0.2, 0) is 20.5 Å². The van der Waals surface area contributed by atoms with Gasteiger partial charge in [-0.3, -0.25) is 0 Å². The Balaban J connectivity index is 2.14. The number of sulfonamides is 1. The van der Waals surface area contributed by atoms with Gasteiger partial charge in [-0.25, -0.2) is 8.42 Å². The molecule has 0 bridgehead atoms. The van der Waals surface area contributed by atoms with Crippen molar-refractivity contribution in [3.05, 3.63) is 35.9 Å². The highest BCUT2D eigenvalue weighted by molar-refractivity contribution is 9.09. The van der Waals surface area contributed by atoms with Gasteiger partial charge in [0.1, 0.15) is 0 Å². The lowest BCUT2D eigenvalue weighted by molar-refractivity contribution is 0.0412. The second-order valence-corrected chi connectivity index (χ2v) is 6.80. The quantitative estimate of drug-likeness (QED) is 0.786. The monoisotopic (exact) mass is 333 g/mol. The molecular formula is C12H16BrNO3S. The fraction of sp³-hybridized carbons (Fsp3) is 0.500. The molecule has 6 heteroatoms. The maximum atomic E-state index is 12.4. The minimum Gasteiger partial charge on any atom is -0.378 e. The maximum Gasteiger partial charge on any atom is 0.218 e. The van der Waals surface area contributed by atoms with E-state index in [4.69, 9.17) is 4.74 Å². The zero-order valence-electron chi connectivity index (χ0n) is 9.96. The van der Waals surface area contributed by atoms with Crippen LogP contribution < -0.4 is 0 Å². The van der Waals surface area contributed by atoms with Gasteiger partial charge in [0, 0.05) is 11.9 Å². The lowest BCUT2D eigenvalue weighted by atomic mass is 10.2. The third-order valence-corrected chi connectivity index (χ3v) is 5.54. The smallest absolute Gasteiger partial charge is 0.218 e. The van der Waals surface area contributed by atoms with E-state index in [1.807, 2.05) is 30.3 Å². The number of rotatable bonds is 4. The second-order valence-electron chi connectivity index (χ2n) is 4.24. The number of alkyl halides is 1. The van der Waals surface area contributed by atoms with Crippen molar-refractivity contribution in [2.45, 2.75) is 11.8 Å². The molecule has 1 aromatic carbocycles. The summed E-state index contributed by atoms with van der Waals surface area (Å²) in [6.07, 6.45) is 0. The minimum absolute atomic E-state index is 0.0529. The molecule has 1 aliphatic rings. The summed E-state index contributed by atoms with van der Waals surface area (Å²) < 4.78 is 31.6. The van der Waals surface area contributed by atoms with Crippen LogP contribution in [-0.4, -0.2) is 43.9 Å². The van der Waals surface area contributed by atoms with Gasteiger partial charge in [0.05, 0.1) is 25.0 Å². The van der Waals surface area contributed by atoms with Crippen LogP contribution in [0.4, 0.5) is 0 Å². The molecule has 0 N–H and O–H groups in total. The normalized spacial score (nSPS) is 21.9. The van der Waals surface area contributed by atoms with Crippen LogP contribution in [0, 0.1) is 0 Å². The van der Waals surface area contributed by atoms with Crippen LogP contribution in [0.1, 0.15) is 5.56 Å². The Morgan fingerprint density at radius 3 is 2.72 bits per heavy atom. The van der Waals surface area contributed by atoms with Gasteiger partial charge >= 0.3 is 0 Å². The van der Waals surface area contributed by atoms with E-state index in [9.17, 15) is 8.42 Å². The number of benzene rings is 1. The Hall–Kier alpha value is -0.430. The van der Waals surface area contributed by atoms with Gasteiger partial charge in [0.2, 0.25) is 10.0 Å². The molecule has 1 aliphatic heterocycles. The van der Waals surface area contributed by atoms with Crippen molar-refractivity contribution in [3.63, 3.8) is 0 Å². The first kappa shape index (κ1) is 14.0. The second kappa shape index (κ2) is 6.14. The highest BCUT2D eigenvalue weighted by Gasteiger charge is 2.32. The zero-order chi connectivity index (χ0) is 13.0. The molecule has 0 spiro atoms. The third-order valence-electron chi connectivity index (χ3n) is 2.90. The first-order chi connectivity index (χ1) is 8.63. The molecule has 1 aromatic rings. The van der Waals surface area contributed by atoms with Crippen molar-refractivity contribution in [1.82, 2.24) is 4.31 Å². The molecule has 1 saturated heterocycles. The van der Waals surface area contributed by atoms with Gasteiger partial charge in [0.15, 0.2) is 0 Å². The van der Waals surface area contributed by atoms with Gasteiger partial charge in [-0.05, 0) is 5.56 Å².